The molecule has 0 bridgehead atoms. The molecule has 0 aromatic heterocycles. The van der Waals surface area contributed by atoms with E-state index in [2.05, 4.69) is 10.0 Å². The Morgan fingerprint density at radius 3 is 2.07 bits per heavy atom. The highest BCUT2D eigenvalue weighted by atomic mass is 32.2. The summed E-state index contributed by atoms with van der Waals surface area (Å²) in [4.78, 5) is 0.0836. The van der Waals surface area contributed by atoms with Crippen LogP contribution in [-0.4, -0.2) is 15.2 Å². The Bertz CT molecular complexity index is 1070. The molecule has 2 N–H and O–H groups in total. The molecule has 1 heterocycles. The SMILES string of the molecule is O=S(=O)(Nc1ccc(Nc2ccc(F)cc2)cc1)c1ccc2c(c1)OCO2. The van der Waals surface area contributed by atoms with E-state index in [1.807, 2.05) is 0 Å². The lowest BCUT2D eigenvalue weighted by atomic mass is 10.2. The lowest BCUT2D eigenvalue weighted by molar-refractivity contribution is 0.174. The van der Waals surface area contributed by atoms with Gasteiger partial charge in [-0.05, 0) is 60.7 Å². The van der Waals surface area contributed by atoms with Gasteiger partial charge >= 0.3 is 0 Å². The van der Waals surface area contributed by atoms with Crippen molar-refractivity contribution in [3.05, 3.63) is 72.5 Å². The van der Waals surface area contributed by atoms with Crippen LogP contribution in [0, 0.1) is 5.82 Å². The van der Waals surface area contributed by atoms with Crippen LogP contribution in [0.5, 0.6) is 11.5 Å². The number of halogens is 1. The average Bonchev–Trinajstić information content (AvgIpc) is 3.13. The van der Waals surface area contributed by atoms with Crippen LogP contribution in [0.15, 0.2) is 71.6 Å². The topological polar surface area (TPSA) is 76.7 Å². The molecule has 0 saturated heterocycles. The summed E-state index contributed by atoms with van der Waals surface area (Å²) in [5.41, 5.74) is 1.88. The Hall–Kier alpha value is -3.26. The molecule has 0 unspecified atom stereocenters. The third kappa shape index (κ3) is 3.80. The minimum atomic E-state index is -3.76. The summed E-state index contributed by atoms with van der Waals surface area (Å²) in [5.74, 6) is 0.607. The molecule has 27 heavy (non-hydrogen) atoms. The van der Waals surface area contributed by atoms with Crippen LogP contribution in [-0.2, 0) is 10.0 Å². The predicted molar refractivity (Wildman–Crippen MR) is 99.5 cm³/mol. The molecule has 1 aliphatic heterocycles. The monoisotopic (exact) mass is 386 g/mol. The summed E-state index contributed by atoms with van der Waals surface area (Å²) in [5, 5.41) is 3.11. The minimum absolute atomic E-state index is 0.0782. The number of benzene rings is 3. The Morgan fingerprint density at radius 2 is 1.37 bits per heavy atom. The third-order valence-corrected chi connectivity index (χ3v) is 5.30. The first-order chi connectivity index (χ1) is 13.0. The number of hydrogen-bond acceptors (Lipinski definition) is 5. The number of ether oxygens (including phenoxy) is 2. The molecule has 4 rings (SSSR count). The third-order valence-electron chi connectivity index (χ3n) is 3.92. The first kappa shape index (κ1) is 17.2. The first-order valence-corrected chi connectivity index (χ1v) is 9.53. The number of sulfonamides is 1. The van der Waals surface area contributed by atoms with E-state index < -0.39 is 10.0 Å². The Morgan fingerprint density at radius 1 is 0.778 bits per heavy atom. The maximum Gasteiger partial charge on any atom is 0.262 e. The Kier molecular flexibility index (Phi) is 4.33. The molecular weight excluding hydrogens is 371 g/mol. The Labute approximate surface area is 155 Å². The van der Waals surface area contributed by atoms with Gasteiger partial charge in [-0.3, -0.25) is 4.72 Å². The maximum atomic E-state index is 12.9. The number of rotatable bonds is 5. The fraction of sp³-hybridized carbons (Fsp3) is 0.0526. The zero-order valence-corrected chi connectivity index (χ0v) is 14.8. The number of nitrogens with one attached hydrogen (secondary N) is 2. The highest BCUT2D eigenvalue weighted by molar-refractivity contribution is 7.92. The Balaban J connectivity index is 1.48. The van der Waals surface area contributed by atoms with Crippen molar-refractivity contribution in [2.75, 3.05) is 16.8 Å². The molecule has 0 spiro atoms. The van der Waals surface area contributed by atoms with Crippen molar-refractivity contribution in [1.82, 2.24) is 0 Å². The number of hydrogen-bond donors (Lipinski definition) is 2. The van der Waals surface area contributed by atoms with Gasteiger partial charge in [-0.2, -0.15) is 0 Å². The van der Waals surface area contributed by atoms with Crippen molar-refractivity contribution in [3.8, 4) is 11.5 Å². The van der Waals surface area contributed by atoms with Crippen LogP contribution in [0.1, 0.15) is 0 Å². The molecule has 0 aliphatic carbocycles. The zero-order valence-electron chi connectivity index (χ0n) is 14.0. The molecule has 8 heteroatoms. The van der Waals surface area contributed by atoms with E-state index >= 15 is 0 Å². The van der Waals surface area contributed by atoms with E-state index in [0.717, 1.165) is 11.4 Å². The second kappa shape index (κ2) is 6.81. The van der Waals surface area contributed by atoms with Crippen LogP contribution in [0.2, 0.25) is 0 Å². The standard InChI is InChI=1S/C19H15FN2O4S/c20-13-1-3-14(4-2-13)21-15-5-7-16(8-6-15)22-27(23,24)17-9-10-18-19(11-17)26-12-25-18/h1-11,21-22H,12H2. The molecule has 0 amide bonds. The van der Waals surface area contributed by atoms with Gasteiger partial charge < -0.3 is 14.8 Å². The molecule has 0 radical (unpaired) electrons. The van der Waals surface area contributed by atoms with Crippen molar-refractivity contribution in [2.24, 2.45) is 0 Å². The molecule has 3 aromatic carbocycles. The largest absolute Gasteiger partial charge is 0.454 e. The fourth-order valence-electron chi connectivity index (χ4n) is 2.58. The summed E-state index contributed by atoms with van der Waals surface area (Å²) in [6, 6.07) is 17.1. The molecule has 1 aliphatic rings. The lowest BCUT2D eigenvalue weighted by Gasteiger charge is -2.10. The average molecular weight is 386 g/mol. The van der Waals surface area contributed by atoms with Gasteiger partial charge in [-0.25, -0.2) is 12.8 Å². The summed E-state index contributed by atoms with van der Waals surface area (Å²) in [6.07, 6.45) is 0. The van der Waals surface area contributed by atoms with Crippen LogP contribution in [0.25, 0.3) is 0 Å². The summed E-state index contributed by atoms with van der Waals surface area (Å²) in [6.45, 7) is 0.0782. The van der Waals surface area contributed by atoms with E-state index in [4.69, 9.17) is 9.47 Å². The molecular formula is C19H15FN2O4S. The zero-order chi connectivity index (χ0) is 18.9. The van der Waals surface area contributed by atoms with Crippen molar-refractivity contribution >= 4 is 27.1 Å². The van der Waals surface area contributed by atoms with Crippen LogP contribution < -0.4 is 19.5 Å². The smallest absolute Gasteiger partial charge is 0.262 e. The van der Waals surface area contributed by atoms with E-state index in [-0.39, 0.29) is 17.5 Å². The molecule has 0 saturated carbocycles. The van der Waals surface area contributed by atoms with Crippen LogP contribution >= 0.6 is 0 Å². The van der Waals surface area contributed by atoms with E-state index in [1.165, 1.54) is 24.3 Å². The van der Waals surface area contributed by atoms with Gasteiger partial charge in [0.05, 0.1) is 4.90 Å². The molecule has 138 valence electrons. The van der Waals surface area contributed by atoms with Gasteiger partial charge in [0.2, 0.25) is 6.79 Å². The molecule has 0 atom stereocenters. The van der Waals surface area contributed by atoms with Gasteiger partial charge in [0.25, 0.3) is 10.0 Å². The van der Waals surface area contributed by atoms with Gasteiger partial charge in [0.15, 0.2) is 11.5 Å². The summed E-state index contributed by atoms with van der Waals surface area (Å²) in [7, 11) is -3.76. The minimum Gasteiger partial charge on any atom is -0.454 e. The number of fused-ring (bicyclic) bond motifs is 1. The van der Waals surface area contributed by atoms with Crippen molar-refractivity contribution in [1.29, 1.82) is 0 Å². The van der Waals surface area contributed by atoms with E-state index in [0.29, 0.717) is 17.2 Å². The molecule has 6 nitrogen and oxygen atoms in total. The quantitative estimate of drug-likeness (QED) is 0.690. The second-order valence-electron chi connectivity index (χ2n) is 5.83. The van der Waals surface area contributed by atoms with Gasteiger partial charge in [-0.15, -0.1) is 0 Å². The summed E-state index contributed by atoms with van der Waals surface area (Å²) < 4.78 is 51.0. The van der Waals surface area contributed by atoms with Gasteiger partial charge in [0.1, 0.15) is 5.82 Å². The van der Waals surface area contributed by atoms with Gasteiger partial charge in [-0.1, -0.05) is 0 Å². The van der Waals surface area contributed by atoms with Crippen molar-refractivity contribution < 1.29 is 22.3 Å². The van der Waals surface area contributed by atoms with Crippen LogP contribution in [0.4, 0.5) is 21.5 Å². The highest BCUT2D eigenvalue weighted by Crippen LogP contribution is 2.34. The van der Waals surface area contributed by atoms with Crippen molar-refractivity contribution in [2.45, 2.75) is 4.90 Å². The van der Waals surface area contributed by atoms with E-state index in [1.54, 1.807) is 42.5 Å². The fourth-order valence-corrected chi connectivity index (χ4v) is 3.65. The molecule has 3 aromatic rings. The molecule has 0 fully saturated rings. The lowest BCUT2D eigenvalue weighted by Crippen LogP contribution is -2.12. The van der Waals surface area contributed by atoms with Gasteiger partial charge in [0, 0.05) is 23.1 Å². The van der Waals surface area contributed by atoms with Crippen molar-refractivity contribution in [3.63, 3.8) is 0 Å². The maximum absolute atomic E-state index is 12.9. The first-order valence-electron chi connectivity index (χ1n) is 8.05. The summed E-state index contributed by atoms with van der Waals surface area (Å²) >= 11 is 0. The second-order valence-corrected chi connectivity index (χ2v) is 7.51. The number of anilines is 3. The van der Waals surface area contributed by atoms with Crippen LogP contribution in [0.3, 0.4) is 0 Å². The predicted octanol–water partition coefficient (Wildman–Crippen LogP) is 4.10. The van der Waals surface area contributed by atoms with E-state index in [9.17, 15) is 12.8 Å². The highest BCUT2D eigenvalue weighted by Gasteiger charge is 2.20. The normalized spacial score (nSPS) is 12.6.